The lowest BCUT2D eigenvalue weighted by Crippen LogP contribution is -1.97. The Bertz CT molecular complexity index is 325. The van der Waals surface area contributed by atoms with E-state index < -0.39 is 0 Å². The van der Waals surface area contributed by atoms with Crippen LogP contribution in [0.3, 0.4) is 0 Å². The fourth-order valence-corrected chi connectivity index (χ4v) is 1.03. The van der Waals surface area contributed by atoms with Gasteiger partial charge in [0.2, 0.25) is 0 Å². The van der Waals surface area contributed by atoms with E-state index in [9.17, 15) is 4.79 Å². The topological polar surface area (TPSA) is 38.7 Å². The van der Waals surface area contributed by atoms with Crippen molar-refractivity contribution in [3.63, 3.8) is 0 Å². The maximum atomic E-state index is 10.0. The molecule has 0 saturated heterocycles. The zero-order valence-corrected chi connectivity index (χ0v) is 7.62. The molecular formula is C9H8ClNO2. The number of hydrogen-bond acceptors (Lipinski definition) is 3. The summed E-state index contributed by atoms with van der Waals surface area (Å²) in [7, 11) is 0. The summed E-state index contributed by atoms with van der Waals surface area (Å²) in [6.45, 7) is 3.37. The molecule has 0 unspecified atom stereocenters. The van der Waals surface area contributed by atoms with Gasteiger partial charge in [0, 0.05) is 5.02 Å². The number of aldehydes is 1. The van der Waals surface area contributed by atoms with E-state index in [0.717, 1.165) is 0 Å². The molecule has 4 heteroatoms. The SMILES string of the molecule is C=Nc1cc(Cl)ccc1OCC=O. The van der Waals surface area contributed by atoms with Gasteiger partial charge in [0.25, 0.3) is 0 Å². The lowest BCUT2D eigenvalue weighted by atomic mass is 10.3. The molecule has 1 rings (SSSR count). The van der Waals surface area contributed by atoms with Crippen LogP contribution in [0.4, 0.5) is 5.69 Å². The van der Waals surface area contributed by atoms with Crippen molar-refractivity contribution in [3.8, 4) is 5.75 Å². The number of hydrogen-bond donors (Lipinski definition) is 0. The molecule has 0 N–H and O–H groups in total. The highest BCUT2D eigenvalue weighted by atomic mass is 35.5. The Balaban J connectivity index is 2.91. The molecule has 0 heterocycles. The van der Waals surface area contributed by atoms with E-state index in [1.807, 2.05) is 0 Å². The summed E-state index contributed by atoms with van der Waals surface area (Å²) in [6, 6.07) is 4.93. The minimum atomic E-state index is 0.00412. The third-order valence-electron chi connectivity index (χ3n) is 1.40. The molecule has 0 aliphatic carbocycles. The van der Waals surface area contributed by atoms with Gasteiger partial charge in [0.05, 0.1) is 0 Å². The van der Waals surface area contributed by atoms with Gasteiger partial charge in [-0.3, -0.25) is 9.79 Å². The Morgan fingerprint density at radius 3 is 3.00 bits per heavy atom. The first-order valence-electron chi connectivity index (χ1n) is 3.60. The minimum absolute atomic E-state index is 0.00412. The van der Waals surface area contributed by atoms with Gasteiger partial charge >= 0.3 is 0 Å². The molecule has 0 atom stereocenters. The second-order valence-electron chi connectivity index (χ2n) is 2.25. The molecule has 0 aliphatic rings. The van der Waals surface area contributed by atoms with E-state index >= 15 is 0 Å². The first-order valence-corrected chi connectivity index (χ1v) is 3.98. The standard InChI is InChI=1S/C9H8ClNO2/c1-11-8-6-7(10)2-3-9(8)13-5-4-12/h2-4,6H,1,5H2. The normalized spacial score (nSPS) is 9.31. The highest BCUT2D eigenvalue weighted by molar-refractivity contribution is 6.30. The third kappa shape index (κ3) is 2.56. The largest absolute Gasteiger partial charge is 0.484 e. The second kappa shape index (κ2) is 4.62. The predicted molar refractivity (Wildman–Crippen MR) is 52.2 cm³/mol. The van der Waals surface area contributed by atoms with Crippen LogP contribution < -0.4 is 4.74 Å². The number of benzene rings is 1. The zero-order valence-electron chi connectivity index (χ0n) is 6.87. The van der Waals surface area contributed by atoms with Gasteiger partial charge in [0.15, 0.2) is 6.29 Å². The van der Waals surface area contributed by atoms with Crippen LogP contribution in [0.5, 0.6) is 5.75 Å². The van der Waals surface area contributed by atoms with E-state index in [4.69, 9.17) is 16.3 Å². The molecule has 1 aromatic carbocycles. The molecule has 0 bridgehead atoms. The minimum Gasteiger partial charge on any atom is -0.484 e. The predicted octanol–water partition coefficient (Wildman–Crippen LogP) is 2.25. The van der Waals surface area contributed by atoms with Gasteiger partial charge in [-0.15, -0.1) is 0 Å². The molecule has 0 saturated carbocycles. The summed E-state index contributed by atoms with van der Waals surface area (Å²) in [5.41, 5.74) is 0.536. The van der Waals surface area contributed by atoms with Crippen LogP contribution in [0.15, 0.2) is 23.2 Å². The van der Waals surface area contributed by atoms with E-state index in [1.165, 1.54) is 0 Å². The molecule has 0 radical (unpaired) electrons. The second-order valence-corrected chi connectivity index (χ2v) is 2.68. The van der Waals surface area contributed by atoms with Crippen LogP contribution >= 0.6 is 11.6 Å². The van der Waals surface area contributed by atoms with Crippen LogP contribution in [0.1, 0.15) is 0 Å². The summed E-state index contributed by atoms with van der Waals surface area (Å²) < 4.78 is 5.07. The van der Waals surface area contributed by atoms with E-state index in [1.54, 1.807) is 18.2 Å². The average Bonchev–Trinajstić information content (AvgIpc) is 2.16. The van der Waals surface area contributed by atoms with Gasteiger partial charge in [0.1, 0.15) is 18.0 Å². The molecule has 0 fully saturated rings. The van der Waals surface area contributed by atoms with Crippen molar-refractivity contribution in [1.82, 2.24) is 0 Å². The highest BCUT2D eigenvalue weighted by Crippen LogP contribution is 2.29. The van der Waals surface area contributed by atoms with Crippen molar-refractivity contribution < 1.29 is 9.53 Å². The number of nitrogens with zero attached hydrogens (tertiary/aromatic N) is 1. The van der Waals surface area contributed by atoms with Crippen LogP contribution in [-0.4, -0.2) is 19.6 Å². The van der Waals surface area contributed by atoms with Gasteiger partial charge in [-0.1, -0.05) is 11.6 Å². The fourth-order valence-electron chi connectivity index (χ4n) is 0.860. The van der Waals surface area contributed by atoms with E-state index in [2.05, 4.69) is 11.7 Å². The third-order valence-corrected chi connectivity index (χ3v) is 1.63. The van der Waals surface area contributed by atoms with Crippen molar-refractivity contribution >= 4 is 30.3 Å². The Morgan fingerprint density at radius 2 is 2.38 bits per heavy atom. The first kappa shape index (κ1) is 9.74. The molecule has 68 valence electrons. The summed E-state index contributed by atoms with van der Waals surface area (Å²) in [6.07, 6.45) is 0.668. The van der Waals surface area contributed by atoms with Gasteiger partial charge in [-0.2, -0.15) is 0 Å². The summed E-state index contributed by atoms with van der Waals surface area (Å²) in [5, 5.41) is 0.556. The maximum Gasteiger partial charge on any atom is 0.157 e. The summed E-state index contributed by atoms with van der Waals surface area (Å²) in [4.78, 5) is 13.8. The first-order chi connectivity index (χ1) is 6.27. The molecule has 0 spiro atoms. The fraction of sp³-hybridized carbons (Fsp3) is 0.111. The van der Waals surface area contributed by atoms with E-state index in [0.29, 0.717) is 22.7 Å². The maximum absolute atomic E-state index is 10.0. The Kier molecular flexibility index (Phi) is 3.46. The number of aliphatic imine (C=N–C) groups is 1. The molecule has 13 heavy (non-hydrogen) atoms. The molecule has 3 nitrogen and oxygen atoms in total. The number of carbonyl (C=O) groups is 1. The Morgan fingerprint density at radius 1 is 1.62 bits per heavy atom. The smallest absolute Gasteiger partial charge is 0.157 e. The summed E-state index contributed by atoms with van der Waals surface area (Å²) >= 11 is 5.72. The zero-order chi connectivity index (χ0) is 9.68. The van der Waals surface area contributed by atoms with E-state index in [-0.39, 0.29) is 6.61 Å². The van der Waals surface area contributed by atoms with Crippen LogP contribution in [-0.2, 0) is 4.79 Å². The highest BCUT2D eigenvalue weighted by Gasteiger charge is 2.01. The van der Waals surface area contributed by atoms with Crippen molar-refractivity contribution in [3.05, 3.63) is 23.2 Å². The van der Waals surface area contributed by atoms with Crippen molar-refractivity contribution in [1.29, 1.82) is 0 Å². The number of halogens is 1. The van der Waals surface area contributed by atoms with Crippen molar-refractivity contribution in [2.24, 2.45) is 4.99 Å². The van der Waals surface area contributed by atoms with Crippen molar-refractivity contribution in [2.45, 2.75) is 0 Å². The molecule has 0 aliphatic heterocycles. The Labute approximate surface area is 81.0 Å². The lowest BCUT2D eigenvalue weighted by molar-refractivity contribution is -0.109. The van der Waals surface area contributed by atoms with Gasteiger partial charge in [-0.25, -0.2) is 0 Å². The number of ether oxygens (including phenoxy) is 1. The number of carbonyl (C=O) groups excluding carboxylic acids is 1. The van der Waals surface area contributed by atoms with Crippen molar-refractivity contribution in [2.75, 3.05) is 6.61 Å². The monoisotopic (exact) mass is 197 g/mol. The molecule has 0 aromatic heterocycles. The van der Waals surface area contributed by atoms with Crippen LogP contribution in [0, 0.1) is 0 Å². The quantitative estimate of drug-likeness (QED) is 0.549. The lowest BCUT2D eigenvalue weighted by Gasteiger charge is -2.05. The van der Waals surface area contributed by atoms with Gasteiger partial charge < -0.3 is 4.74 Å². The average molecular weight is 198 g/mol. The molecule has 0 amide bonds. The molecule has 1 aromatic rings. The van der Waals surface area contributed by atoms with Crippen LogP contribution in [0.2, 0.25) is 5.02 Å². The van der Waals surface area contributed by atoms with Gasteiger partial charge in [-0.05, 0) is 24.9 Å². The number of rotatable bonds is 4. The van der Waals surface area contributed by atoms with Crippen LogP contribution in [0.25, 0.3) is 0 Å². The summed E-state index contributed by atoms with van der Waals surface area (Å²) in [5.74, 6) is 0.506. The Hall–Kier alpha value is -1.35. The molecular weight excluding hydrogens is 190 g/mol.